The van der Waals surface area contributed by atoms with Crippen LogP contribution in [0.1, 0.15) is 62.9 Å². The van der Waals surface area contributed by atoms with E-state index in [1.807, 2.05) is 17.9 Å². The van der Waals surface area contributed by atoms with Gasteiger partial charge < -0.3 is 9.64 Å². The molecule has 0 bridgehead atoms. The smallest absolute Gasteiger partial charge is 0.272 e. The fraction of sp³-hybridized carbons (Fsp3) is 0.650. The van der Waals surface area contributed by atoms with Crippen LogP contribution in [0.25, 0.3) is 5.65 Å². The van der Waals surface area contributed by atoms with E-state index in [-0.39, 0.29) is 29.5 Å². The van der Waals surface area contributed by atoms with Gasteiger partial charge in [0, 0.05) is 37.4 Å². The zero-order chi connectivity index (χ0) is 19.0. The predicted molar refractivity (Wildman–Crippen MR) is 102 cm³/mol. The zero-order valence-electron chi connectivity index (χ0n) is 16.1. The highest BCUT2D eigenvalue weighted by Gasteiger charge is 2.37. The van der Waals surface area contributed by atoms with Crippen molar-refractivity contribution < 1.29 is 9.53 Å². The number of aryl methyl sites for hydroxylation is 1. The van der Waals surface area contributed by atoms with Crippen LogP contribution < -0.4 is 5.56 Å². The Balaban J connectivity index is 1.59. The van der Waals surface area contributed by atoms with Crippen LogP contribution in [-0.2, 0) is 16.0 Å². The largest absolute Gasteiger partial charge is 0.381 e. The van der Waals surface area contributed by atoms with Crippen LogP contribution in [0.4, 0.5) is 0 Å². The highest BCUT2D eigenvalue weighted by atomic mass is 16.5. The molecule has 1 saturated carbocycles. The van der Waals surface area contributed by atoms with Crippen LogP contribution in [0, 0.1) is 5.92 Å². The van der Waals surface area contributed by atoms with Crippen LogP contribution >= 0.6 is 0 Å². The van der Waals surface area contributed by atoms with Gasteiger partial charge in [-0.05, 0) is 38.5 Å². The highest BCUT2D eigenvalue weighted by molar-refractivity contribution is 5.79. The summed E-state index contributed by atoms with van der Waals surface area (Å²) in [6, 6.07) is 3.49. The minimum atomic E-state index is -0.103. The third-order valence-corrected chi connectivity index (χ3v) is 6.09. The number of nitrogens with zero attached hydrogens (tertiary/aromatic N) is 3. The van der Waals surface area contributed by atoms with Crippen molar-refractivity contribution in [3.8, 4) is 0 Å². The second-order valence-corrected chi connectivity index (χ2v) is 7.76. The molecule has 3 heterocycles. The molecule has 1 aliphatic carbocycles. The maximum absolute atomic E-state index is 13.2. The predicted octanol–water partition coefficient (Wildman–Crippen LogP) is 2.45. The molecule has 7 heteroatoms. The van der Waals surface area contributed by atoms with Gasteiger partial charge in [0.05, 0.1) is 17.8 Å². The number of aromatic nitrogens is 3. The Hall–Kier alpha value is -2.15. The first-order valence-corrected chi connectivity index (χ1v) is 10.1. The number of amides is 1. The number of carbonyl (C=O) groups excluding carboxylic acids is 1. The second kappa shape index (κ2) is 7.46. The van der Waals surface area contributed by atoms with Crippen molar-refractivity contribution in [2.45, 2.75) is 64.0 Å². The Labute approximate surface area is 158 Å². The van der Waals surface area contributed by atoms with Crippen LogP contribution in [0.2, 0.25) is 0 Å². The first kappa shape index (κ1) is 18.2. The van der Waals surface area contributed by atoms with Gasteiger partial charge in [-0.15, -0.1) is 0 Å². The number of hydrogen-bond acceptors (Lipinski definition) is 4. The van der Waals surface area contributed by atoms with Crippen molar-refractivity contribution in [3.05, 3.63) is 33.9 Å². The summed E-state index contributed by atoms with van der Waals surface area (Å²) in [6.07, 6.45) is 6.64. The summed E-state index contributed by atoms with van der Waals surface area (Å²) in [5.41, 5.74) is 2.22. The van der Waals surface area contributed by atoms with Crippen molar-refractivity contribution in [2.75, 3.05) is 13.7 Å². The number of ether oxygens (including phenoxy) is 1. The summed E-state index contributed by atoms with van der Waals surface area (Å²) >= 11 is 0. The molecule has 3 atom stereocenters. The van der Waals surface area contributed by atoms with Gasteiger partial charge in [0.25, 0.3) is 5.56 Å². The lowest BCUT2D eigenvalue weighted by Gasteiger charge is -2.32. The van der Waals surface area contributed by atoms with Gasteiger partial charge in [-0.2, -0.15) is 0 Å². The standard InChI is InChI=1S/C20H28N4O3/c1-3-14-11-19(25)24-18(21-14)12-16(22-24)17-8-5-9-23(17)20(26)13-6-4-7-15(10-13)27-2/h11-13,15,17,22H,3-10H2,1-2H3/t13-,15-,17-/m0/s1. The van der Waals surface area contributed by atoms with E-state index < -0.39 is 0 Å². The highest BCUT2D eigenvalue weighted by Crippen LogP contribution is 2.36. The van der Waals surface area contributed by atoms with E-state index in [4.69, 9.17) is 4.74 Å². The molecular formula is C20H28N4O3. The number of aromatic amines is 1. The summed E-state index contributed by atoms with van der Waals surface area (Å²) in [5, 5.41) is 3.19. The Kier molecular flexibility index (Phi) is 5.04. The van der Waals surface area contributed by atoms with Gasteiger partial charge in [-0.25, -0.2) is 9.50 Å². The van der Waals surface area contributed by atoms with Gasteiger partial charge in [0.15, 0.2) is 5.65 Å². The Morgan fingerprint density at radius 1 is 1.30 bits per heavy atom. The van der Waals surface area contributed by atoms with Gasteiger partial charge in [-0.1, -0.05) is 13.3 Å². The molecule has 1 amide bonds. The Morgan fingerprint density at radius 2 is 2.15 bits per heavy atom. The van der Waals surface area contributed by atoms with Gasteiger partial charge >= 0.3 is 0 Å². The van der Waals surface area contributed by atoms with Crippen molar-refractivity contribution in [1.82, 2.24) is 19.5 Å². The summed E-state index contributed by atoms with van der Waals surface area (Å²) in [4.78, 5) is 32.1. The average Bonchev–Trinajstić information content (AvgIpc) is 3.34. The molecule has 2 aliphatic rings. The molecule has 0 aromatic carbocycles. The molecule has 1 aliphatic heterocycles. The summed E-state index contributed by atoms with van der Waals surface area (Å²) in [7, 11) is 1.73. The second-order valence-electron chi connectivity index (χ2n) is 7.76. The average molecular weight is 372 g/mol. The zero-order valence-corrected chi connectivity index (χ0v) is 16.1. The molecule has 2 aromatic rings. The van der Waals surface area contributed by atoms with Gasteiger partial charge in [0.1, 0.15) is 0 Å². The molecule has 0 unspecified atom stereocenters. The number of rotatable bonds is 4. The van der Waals surface area contributed by atoms with E-state index in [1.54, 1.807) is 13.2 Å². The van der Waals surface area contributed by atoms with Crippen LogP contribution in [0.15, 0.2) is 16.9 Å². The number of carbonyl (C=O) groups is 1. The molecule has 1 saturated heterocycles. The summed E-state index contributed by atoms with van der Waals surface area (Å²) in [5.74, 6) is 0.272. The van der Waals surface area contributed by atoms with Crippen LogP contribution in [0.5, 0.6) is 0 Å². The fourth-order valence-electron chi connectivity index (χ4n) is 4.58. The lowest BCUT2D eigenvalue weighted by atomic mass is 9.86. The number of H-pyrrole nitrogens is 1. The molecule has 7 nitrogen and oxygen atoms in total. The van der Waals surface area contributed by atoms with E-state index >= 15 is 0 Å². The minimum absolute atomic E-state index is 0.00778. The topological polar surface area (TPSA) is 79.7 Å². The third kappa shape index (κ3) is 3.40. The summed E-state index contributed by atoms with van der Waals surface area (Å²) in [6.45, 7) is 2.76. The quantitative estimate of drug-likeness (QED) is 0.894. The van der Waals surface area contributed by atoms with Crippen molar-refractivity contribution in [1.29, 1.82) is 0 Å². The SMILES string of the molecule is CCc1cc(=O)n2[nH]c([C@@H]3CCCN3C(=O)[C@H]3CCC[C@H](OC)C3)cc2n1. The molecule has 146 valence electrons. The number of hydrogen-bond donors (Lipinski definition) is 1. The van der Waals surface area contributed by atoms with Crippen molar-refractivity contribution >= 4 is 11.6 Å². The van der Waals surface area contributed by atoms with Crippen LogP contribution in [0.3, 0.4) is 0 Å². The number of fused-ring (bicyclic) bond motifs is 1. The minimum Gasteiger partial charge on any atom is -0.381 e. The normalized spacial score (nSPS) is 26.0. The van der Waals surface area contributed by atoms with Gasteiger partial charge in [-0.3, -0.25) is 14.7 Å². The van der Waals surface area contributed by atoms with E-state index in [0.717, 1.165) is 62.9 Å². The van der Waals surface area contributed by atoms with E-state index in [1.165, 1.54) is 4.52 Å². The molecule has 4 rings (SSSR count). The fourth-order valence-corrected chi connectivity index (χ4v) is 4.58. The van der Waals surface area contributed by atoms with E-state index in [9.17, 15) is 9.59 Å². The van der Waals surface area contributed by atoms with Crippen molar-refractivity contribution in [2.24, 2.45) is 5.92 Å². The molecule has 2 fully saturated rings. The third-order valence-electron chi connectivity index (χ3n) is 6.09. The molecule has 0 spiro atoms. The van der Waals surface area contributed by atoms with E-state index in [0.29, 0.717) is 5.65 Å². The molecule has 1 N–H and O–H groups in total. The Morgan fingerprint density at radius 3 is 2.93 bits per heavy atom. The molecule has 2 aromatic heterocycles. The van der Waals surface area contributed by atoms with Crippen LogP contribution in [-0.4, -0.2) is 45.2 Å². The number of likely N-dealkylation sites (tertiary alicyclic amines) is 1. The molecule has 27 heavy (non-hydrogen) atoms. The monoisotopic (exact) mass is 372 g/mol. The Bertz CT molecular complexity index is 887. The number of methoxy groups -OCH3 is 1. The molecular weight excluding hydrogens is 344 g/mol. The lowest BCUT2D eigenvalue weighted by molar-refractivity contribution is -0.139. The number of nitrogens with one attached hydrogen (secondary N) is 1. The lowest BCUT2D eigenvalue weighted by Crippen LogP contribution is -2.39. The van der Waals surface area contributed by atoms with Crippen molar-refractivity contribution in [3.63, 3.8) is 0 Å². The molecule has 0 radical (unpaired) electrons. The maximum Gasteiger partial charge on any atom is 0.272 e. The van der Waals surface area contributed by atoms with E-state index in [2.05, 4.69) is 10.1 Å². The van der Waals surface area contributed by atoms with Gasteiger partial charge in [0.2, 0.25) is 5.91 Å². The first-order valence-electron chi connectivity index (χ1n) is 10.1. The first-order chi connectivity index (χ1) is 13.1. The maximum atomic E-state index is 13.2. The summed E-state index contributed by atoms with van der Waals surface area (Å²) < 4.78 is 6.98.